The largest absolute Gasteiger partial charge is 0.494 e. The number of H-pyrrole nitrogens is 1. The third-order valence-electron chi connectivity index (χ3n) is 5.45. The van der Waals surface area contributed by atoms with E-state index in [0.717, 1.165) is 35.5 Å². The summed E-state index contributed by atoms with van der Waals surface area (Å²) < 4.78 is 12.2. The van der Waals surface area contributed by atoms with Gasteiger partial charge in [0.25, 0.3) is 0 Å². The van der Waals surface area contributed by atoms with Crippen LogP contribution < -0.4 is 10.8 Å². The van der Waals surface area contributed by atoms with E-state index in [4.69, 9.17) is 9.31 Å². The van der Waals surface area contributed by atoms with Crippen LogP contribution in [0.1, 0.15) is 59.8 Å². The quantitative estimate of drug-likeness (QED) is 0.780. The minimum Gasteiger partial charge on any atom is -0.399 e. The first-order chi connectivity index (χ1) is 12.2. The van der Waals surface area contributed by atoms with Crippen molar-refractivity contribution in [1.29, 1.82) is 0 Å². The van der Waals surface area contributed by atoms with Crippen molar-refractivity contribution in [2.24, 2.45) is 0 Å². The van der Waals surface area contributed by atoms with Crippen LogP contribution in [0.3, 0.4) is 0 Å². The fourth-order valence-electron chi connectivity index (χ4n) is 2.96. The van der Waals surface area contributed by atoms with Crippen molar-refractivity contribution >= 4 is 12.6 Å². The van der Waals surface area contributed by atoms with Crippen LogP contribution in [0.5, 0.6) is 0 Å². The van der Waals surface area contributed by atoms with E-state index in [1.807, 2.05) is 6.20 Å². The van der Waals surface area contributed by atoms with Crippen LogP contribution >= 0.6 is 0 Å². The molecule has 2 aromatic rings. The van der Waals surface area contributed by atoms with E-state index in [1.54, 1.807) is 0 Å². The smallest absolute Gasteiger partial charge is 0.399 e. The number of rotatable bonds is 6. The number of aromatic nitrogens is 2. The predicted octanol–water partition coefficient (Wildman–Crippen LogP) is 3.44. The van der Waals surface area contributed by atoms with E-state index in [9.17, 15) is 0 Å². The summed E-state index contributed by atoms with van der Waals surface area (Å²) in [6, 6.07) is 8.52. The van der Waals surface area contributed by atoms with Crippen molar-refractivity contribution in [3.63, 3.8) is 0 Å². The van der Waals surface area contributed by atoms with E-state index in [0.29, 0.717) is 0 Å². The van der Waals surface area contributed by atoms with Gasteiger partial charge in [-0.05, 0) is 58.6 Å². The van der Waals surface area contributed by atoms with Gasteiger partial charge in [0, 0.05) is 0 Å². The van der Waals surface area contributed by atoms with E-state index < -0.39 is 0 Å². The van der Waals surface area contributed by atoms with Gasteiger partial charge in [0.1, 0.15) is 5.82 Å². The third-order valence-corrected chi connectivity index (χ3v) is 5.45. The Labute approximate surface area is 157 Å². The first-order valence-electron chi connectivity index (χ1n) is 9.48. The van der Waals surface area contributed by atoms with E-state index in [2.05, 4.69) is 81.1 Å². The zero-order valence-electron chi connectivity index (χ0n) is 16.7. The van der Waals surface area contributed by atoms with Crippen LogP contribution in [0.25, 0.3) is 11.3 Å². The molecule has 1 aliphatic heterocycles. The zero-order chi connectivity index (χ0) is 18.9. The molecule has 140 valence electrons. The maximum Gasteiger partial charge on any atom is 0.494 e. The Balaban J connectivity index is 1.72. The summed E-state index contributed by atoms with van der Waals surface area (Å²) in [5.74, 6) is 0.962. The molecule has 0 spiro atoms. The van der Waals surface area contributed by atoms with Crippen molar-refractivity contribution in [2.75, 3.05) is 6.54 Å². The van der Waals surface area contributed by atoms with Crippen molar-refractivity contribution in [1.82, 2.24) is 15.3 Å². The van der Waals surface area contributed by atoms with E-state index in [1.165, 1.54) is 0 Å². The molecule has 0 amide bonds. The predicted molar refractivity (Wildman–Crippen MR) is 106 cm³/mol. The zero-order valence-corrected chi connectivity index (χ0v) is 16.7. The molecule has 6 heteroatoms. The minimum absolute atomic E-state index is 0.215. The van der Waals surface area contributed by atoms with E-state index in [-0.39, 0.29) is 24.4 Å². The molecule has 1 aliphatic rings. The molecule has 2 N–H and O–H groups in total. The maximum absolute atomic E-state index is 6.12. The first-order valence-corrected chi connectivity index (χ1v) is 9.48. The molecule has 0 aliphatic carbocycles. The minimum atomic E-state index is -0.329. The second-order valence-corrected chi connectivity index (χ2v) is 8.07. The van der Waals surface area contributed by atoms with Crippen LogP contribution in [-0.2, 0) is 9.31 Å². The molecule has 1 aromatic heterocycles. The number of aromatic amines is 1. The normalized spacial score (nSPS) is 19.7. The summed E-state index contributed by atoms with van der Waals surface area (Å²) in [6.07, 6.45) is 3.00. The molecule has 0 radical (unpaired) electrons. The molecule has 0 saturated carbocycles. The SMILES string of the molecule is CCCNC(C)c1ncc(-c2ccc(B3OC(C)(C)C(C)(C)O3)cc2)[nH]1. The lowest BCUT2D eigenvalue weighted by molar-refractivity contribution is 0.00578. The Morgan fingerprint density at radius 3 is 2.31 bits per heavy atom. The molecular weight excluding hydrogens is 325 g/mol. The van der Waals surface area contributed by atoms with Gasteiger partial charge in [0.05, 0.1) is 29.1 Å². The van der Waals surface area contributed by atoms with Crippen molar-refractivity contribution in [3.05, 3.63) is 36.3 Å². The lowest BCUT2D eigenvalue weighted by Gasteiger charge is -2.32. The molecular formula is C20H30BN3O2. The number of nitrogens with zero attached hydrogens (tertiary/aromatic N) is 1. The number of hydrogen-bond acceptors (Lipinski definition) is 4. The number of benzene rings is 1. The van der Waals surface area contributed by atoms with Crippen LogP contribution in [0.2, 0.25) is 0 Å². The van der Waals surface area contributed by atoms with Gasteiger partial charge >= 0.3 is 7.12 Å². The molecule has 1 aromatic carbocycles. The fraction of sp³-hybridized carbons (Fsp3) is 0.550. The number of hydrogen-bond donors (Lipinski definition) is 2. The van der Waals surface area contributed by atoms with Gasteiger partial charge in [-0.25, -0.2) is 4.98 Å². The van der Waals surface area contributed by atoms with Gasteiger partial charge in [0.15, 0.2) is 0 Å². The summed E-state index contributed by atoms with van der Waals surface area (Å²) in [5.41, 5.74) is 2.51. The highest BCUT2D eigenvalue weighted by Crippen LogP contribution is 2.36. The molecule has 1 saturated heterocycles. The van der Waals surface area contributed by atoms with Crippen LogP contribution in [0.15, 0.2) is 30.5 Å². The summed E-state index contributed by atoms with van der Waals surface area (Å²) >= 11 is 0. The second-order valence-electron chi connectivity index (χ2n) is 8.07. The standard InChI is InChI=1S/C20H30BN3O2/c1-7-12-22-14(2)18-23-13-17(24-18)15-8-10-16(11-9-15)21-25-19(3,4)20(5,6)26-21/h8-11,13-14,22H,7,12H2,1-6H3,(H,23,24). The average molecular weight is 355 g/mol. The van der Waals surface area contributed by atoms with Gasteiger partial charge < -0.3 is 19.6 Å². The second kappa shape index (κ2) is 7.18. The van der Waals surface area contributed by atoms with Gasteiger partial charge in [-0.3, -0.25) is 0 Å². The highest BCUT2D eigenvalue weighted by atomic mass is 16.7. The highest BCUT2D eigenvalue weighted by Gasteiger charge is 2.51. The summed E-state index contributed by atoms with van der Waals surface area (Å²) in [6.45, 7) is 13.6. The number of imidazole rings is 1. The molecule has 0 bridgehead atoms. The topological polar surface area (TPSA) is 59.2 Å². The lowest BCUT2D eigenvalue weighted by atomic mass is 9.79. The molecule has 1 unspecified atom stereocenters. The Bertz CT molecular complexity index is 724. The Kier molecular flexibility index (Phi) is 5.29. The molecule has 26 heavy (non-hydrogen) atoms. The van der Waals surface area contributed by atoms with Gasteiger partial charge in [-0.15, -0.1) is 0 Å². The molecule has 2 heterocycles. The van der Waals surface area contributed by atoms with E-state index >= 15 is 0 Å². The number of nitrogens with one attached hydrogen (secondary N) is 2. The molecule has 1 atom stereocenters. The summed E-state index contributed by atoms with van der Waals surface area (Å²) in [5, 5.41) is 3.45. The Hall–Kier alpha value is -1.63. The molecule has 5 nitrogen and oxygen atoms in total. The Morgan fingerprint density at radius 2 is 1.73 bits per heavy atom. The Morgan fingerprint density at radius 1 is 1.12 bits per heavy atom. The fourth-order valence-corrected chi connectivity index (χ4v) is 2.96. The third kappa shape index (κ3) is 3.73. The van der Waals surface area contributed by atoms with Crippen LogP contribution in [-0.4, -0.2) is 34.8 Å². The van der Waals surface area contributed by atoms with Crippen molar-refractivity contribution < 1.29 is 9.31 Å². The summed E-state index contributed by atoms with van der Waals surface area (Å²) in [7, 11) is -0.329. The highest BCUT2D eigenvalue weighted by molar-refractivity contribution is 6.62. The van der Waals surface area contributed by atoms with Gasteiger partial charge in [0.2, 0.25) is 0 Å². The average Bonchev–Trinajstić information content (AvgIpc) is 3.16. The first kappa shape index (κ1) is 19.1. The van der Waals surface area contributed by atoms with Gasteiger partial charge in [-0.2, -0.15) is 0 Å². The summed E-state index contributed by atoms with van der Waals surface area (Å²) in [4.78, 5) is 7.93. The maximum atomic E-state index is 6.12. The monoisotopic (exact) mass is 355 g/mol. The van der Waals surface area contributed by atoms with Crippen molar-refractivity contribution in [3.8, 4) is 11.3 Å². The van der Waals surface area contributed by atoms with Gasteiger partial charge in [-0.1, -0.05) is 31.2 Å². The molecule has 1 fully saturated rings. The molecule has 3 rings (SSSR count). The lowest BCUT2D eigenvalue weighted by Crippen LogP contribution is -2.41. The van der Waals surface area contributed by atoms with Crippen LogP contribution in [0.4, 0.5) is 0 Å². The van der Waals surface area contributed by atoms with Crippen LogP contribution in [0, 0.1) is 0 Å². The van der Waals surface area contributed by atoms with Crippen molar-refractivity contribution in [2.45, 2.75) is 65.2 Å².